The lowest BCUT2D eigenvalue weighted by Crippen LogP contribution is -2.48. The summed E-state index contributed by atoms with van der Waals surface area (Å²) in [6.07, 6.45) is 2.43. The predicted octanol–water partition coefficient (Wildman–Crippen LogP) is 2.05. The van der Waals surface area contributed by atoms with Crippen LogP contribution in [0.15, 0.2) is 24.3 Å². The smallest absolute Gasteiger partial charge is 0.319 e. The van der Waals surface area contributed by atoms with Gasteiger partial charge in [-0.05, 0) is 49.8 Å². The molecule has 3 rings (SSSR count). The van der Waals surface area contributed by atoms with Gasteiger partial charge in [-0.25, -0.2) is 9.18 Å². The van der Waals surface area contributed by atoms with Crippen molar-refractivity contribution in [2.24, 2.45) is 11.3 Å². The van der Waals surface area contributed by atoms with E-state index in [0.29, 0.717) is 38.2 Å². The molecule has 1 aromatic rings. The fraction of sp³-hybridized carbons (Fsp3) is 0.500. The van der Waals surface area contributed by atoms with Crippen molar-refractivity contribution in [2.75, 3.05) is 25.0 Å². The van der Waals surface area contributed by atoms with E-state index in [-0.39, 0.29) is 11.8 Å². The van der Waals surface area contributed by atoms with Gasteiger partial charge in [-0.1, -0.05) is 6.07 Å². The molecular formula is C18H22FN3O4. The van der Waals surface area contributed by atoms with Crippen LogP contribution in [0.5, 0.6) is 0 Å². The van der Waals surface area contributed by atoms with Crippen LogP contribution < -0.4 is 10.6 Å². The van der Waals surface area contributed by atoms with Crippen molar-refractivity contribution >= 4 is 23.6 Å². The lowest BCUT2D eigenvalue weighted by Gasteiger charge is -2.34. The molecule has 1 aliphatic carbocycles. The van der Waals surface area contributed by atoms with E-state index >= 15 is 0 Å². The summed E-state index contributed by atoms with van der Waals surface area (Å²) in [6, 6.07) is 5.17. The minimum Gasteiger partial charge on any atom is -0.480 e. The number of rotatable bonds is 5. The SMILES string of the molecule is O=C(NCC1CCCN(C(=O)C2(C(=O)O)CC2)C1)Nc1cccc(F)c1. The third kappa shape index (κ3) is 3.95. The fourth-order valence-corrected chi connectivity index (χ4v) is 3.34. The van der Waals surface area contributed by atoms with E-state index in [1.54, 1.807) is 11.0 Å². The highest BCUT2D eigenvalue weighted by Crippen LogP contribution is 2.47. The first-order valence-electron chi connectivity index (χ1n) is 8.74. The van der Waals surface area contributed by atoms with Gasteiger partial charge in [0.25, 0.3) is 0 Å². The Bertz CT molecular complexity index is 720. The molecule has 1 heterocycles. The molecule has 3 N–H and O–H groups in total. The summed E-state index contributed by atoms with van der Waals surface area (Å²) in [7, 11) is 0. The molecule has 1 saturated heterocycles. The number of benzene rings is 1. The van der Waals surface area contributed by atoms with E-state index in [0.717, 1.165) is 12.8 Å². The number of likely N-dealkylation sites (tertiary alicyclic amines) is 1. The summed E-state index contributed by atoms with van der Waals surface area (Å²) in [5.41, 5.74) is -0.857. The highest BCUT2D eigenvalue weighted by molar-refractivity contribution is 6.04. The van der Waals surface area contributed by atoms with Crippen LogP contribution in [0.3, 0.4) is 0 Å². The van der Waals surface area contributed by atoms with Crippen molar-refractivity contribution in [3.8, 4) is 0 Å². The van der Waals surface area contributed by atoms with Gasteiger partial charge in [-0.2, -0.15) is 0 Å². The van der Waals surface area contributed by atoms with Crippen LogP contribution in [0.4, 0.5) is 14.9 Å². The number of carboxylic acids is 1. The maximum absolute atomic E-state index is 13.1. The number of nitrogens with zero attached hydrogens (tertiary/aromatic N) is 1. The minimum absolute atomic E-state index is 0.0653. The first-order valence-corrected chi connectivity index (χ1v) is 8.74. The Morgan fingerprint density at radius 2 is 2.08 bits per heavy atom. The summed E-state index contributed by atoms with van der Waals surface area (Å²) < 4.78 is 13.1. The fourth-order valence-electron chi connectivity index (χ4n) is 3.34. The second kappa shape index (κ2) is 7.31. The predicted molar refractivity (Wildman–Crippen MR) is 92.0 cm³/mol. The number of hydrogen-bond donors (Lipinski definition) is 3. The summed E-state index contributed by atoms with van der Waals surface area (Å²) in [6.45, 7) is 1.36. The van der Waals surface area contributed by atoms with E-state index in [2.05, 4.69) is 10.6 Å². The lowest BCUT2D eigenvalue weighted by molar-refractivity contribution is -0.154. The number of nitrogens with one attached hydrogen (secondary N) is 2. The maximum Gasteiger partial charge on any atom is 0.319 e. The van der Waals surface area contributed by atoms with Crippen LogP contribution in [0.1, 0.15) is 25.7 Å². The molecular weight excluding hydrogens is 341 g/mol. The summed E-state index contributed by atoms with van der Waals surface area (Å²) in [5.74, 6) is -1.72. The molecule has 0 spiro atoms. The van der Waals surface area contributed by atoms with Crippen LogP contribution >= 0.6 is 0 Å². The molecule has 140 valence electrons. The van der Waals surface area contributed by atoms with Gasteiger partial charge in [0.05, 0.1) is 0 Å². The zero-order valence-electron chi connectivity index (χ0n) is 14.3. The van der Waals surface area contributed by atoms with Gasteiger partial charge in [0.2, 0.25) is 5.91 Å². The number of carbonyl (C=O) groups excluding carboxylic acids is 2. The van der Waals surface area contributed by atoms with Crippen molar-refractivity contribution < 1.29 is 23.9 Å². The number of anilines is 1. The van der Waals surface area contributed by atoms with E-state index in [4.69, 9.17) is 0 Å². The molecule has 2 aliphatic rings. The molecule has 2 fully saturated rings. The molecule has 1 atom stereocenters. The third-order valence-electron chi connectivity index (χ3n) is 5.01. The van der Waals surface area contributed by atoms with Crippen LogP contribution in [0.2, 0.25) is 0 Å². The molecule has 0 aromatic heterocycles. The first kappa shape index (κ1) is 18.2. The number of carbonyl (C=O) groups is 3. The molecule has 26 heavy (non-hydrogen) atoms. The second-order valence-electron chi connectivity index (χ2n) is 6.99. The highest BCUT2D eigenvalue weighted by atomic mass is 19.1. The summed E-state index contributed by atoms with van der Waals surface area (Å²) >= 11 is 0. The van der Waals surface area contributed by atoms with Crippen LogP contribution in [0.25, 0.3) is 0 Å². The number of carboxylic acid groups (broad SMARTS) is 1. The highest BCUT2D eigenvalue weighted by Gasteiger charge is 2.58. The van der Waals surface area contributed by atoms with E-state index in [9.17, 15) is 23.9 Å². The summed E-state index contributed by atoms with van der Waals surface area (Å²) in [4.78, 5) is 37.4. The first-order chi connectivity index (χ1) is 12.4. The van der Waals surface area contributed by atoms with E-state index in [1.807, 2.05) is 0 Å². The zero-order chi connectivity index (χ0) is 18.7. The molecule has 1 aromatic carbocycles. The number of urea groups is 1. The molecule has 0 bridgehead atoms. The van der Waals surface area contributed by atoms with E-state index in [1.165, 1.54) is 18.2 Å². The molecule has 1 aliphatic heterocycles. The largest absolute Gasteiger partial charge is 0.480 e. The van der Waals surface area contributed by atoms with Gasteiger partial charge < -0.3 is 20.6 Å². The second-order valence-corrected chi connectivity index (χ2v) is 6.99. The number of halogens is 1. The van der Waals surface area contributed by atoms with Crippen LogP contribution in [-0.4, -0.2) is 47.5 Å². The number of piperidine rings is 1. The number of amides is 3. The molecule has 1 saturated carbocycles. The Kier molecular flexibility index (Phi) is 5.11. The minimum atomic E-state index is -1.22. The summed E-state index contributed by atoms with van der Waals surface area (Å²) in [5, 5.41) is 14.6. The quantitative estimate of drug-likeness (QED) is 0.697. The topological polar surface area (TPSA) is 98.7 Å². The maximum atomic E-state index is 13.1. The normalized spacial score (nSPS) is 21.0. The van der Waals surface area contributed by atoms with Gasteiger partial charge in [0.1, 0.15) is 11.2 Å². The van der Waals surface area contributed by atoms with E-state index < -0.39 is 23.2 Å². The van der Waals surface area contributed by atoms with Gasteiger partial charge in [-0.15, -0.1) is 0 Å². The Morgan fingerprint density at radius 1 is 1.31 bits per heavy atom. The third-order valence-corrected chi connectivity index (χ3v) is 5.01. The molecule has 3 amide bonds. The Hall–Kier alpha value is -2.64. The molecule has 1 unspecified atom stereocenters. The Morgan fingerprint density at radius 3 is 2.73 bits per heavy atom. The Balaban J connectivity index is 1.48. The molecule has 7 nitrogen and oxygen atoms in total. The van der Waals surface area contributed by atoms with Gasteiger partial charge >= 0.3 is 12.0 Å². The average molecular weight is 363 g/mol. The van der Waals surface area contributed by atoms with Crippen LogP contribution in [0, 0.1) is 17.2 Å². The van der Waals surface area contributed by atoms with Crippen molar-refractivity contribution in [1.82, 2.24) is 10.2 Å². The average Bonchev–Trinajstić information content (AvgIpc) is 3.42. The van der Waals surface area contributed by atoms with Crippen molar-refractivity contribution in [3.05, 3.63) is 30.1 Å². The Labute approximate surface area is 150 Å². The van der Waals surface area contributed by atoms with Gasteiger partial charge in [-0.3, -0.25) is 9.59 Å². The van der Waals surface area contributed by atoms with Gasteiger partial charge in [0.15, 0.2) is 0 Å². The van der Waals surface area contributed by atoms with Crippen molar-refractivity contribution in [2.45, 2.75) is 25.7 Å². The van der Waals surface area contributed by atoms with Crippen molar-refractivity contribution in [3.63, 3.8) is 0 Å². The number of hydrogen-bond acceptors (Lipinski definition) is 3. The number of aliphatic carboxylic acids is 1. The molecule has 0 radical (unpaired) electrons. The lowest BCUT2D eigenvalue weighted by atomic mass is 9.95. The standard InChI is InChI=1S/C18H22FN3O4/c19-13-4-1-5-14(9-13)21-17(26)20-10-12-3-2-8-22(11-12)15(23)18(6-7-18)16(24)25/h1,4-5,9,12H,2-3,6-8,10-11H2,(H,24,25)(H2,20,21,26). The monoisotopic (exact) mass is 363 g/mol. The van der Waals surface area contributed by atoms with Crippen molar-refractivity contribution in [1.29, 1.82) is 0 Å². The van der Waals surface area contributed by atoms with Gasteiger partial charge in [0, 0.05) is 25.3 Å². The molecule has 8 heteroatoms. The zero-order valence-corrected chi connectivity index (χ0v) is 14.3. The van der Waals surface area contributed by atoms with Crippen LogP contribution in [-0.2, 0) is 9.59 Å².